The maximum Gasteiger partial charge on any atom is 0.295 e. The normalized spacial score (nSPS) is 20.9. The zero-order valence-electron chi connectivity index (χ0n) is 19.0. The number of hydrogen-bond acceptors (Lipinski definition) is 7. The van der Waals surface area contributed by atoms with E-state index in [9.17, 15) is 14.7 Å². The Morgan fingerprint density at radius 2 is 2.00 bits per heavy atom. The second-order valence-corrected chi connectivity index (χ2v) is 8.27. The van der Waals surface area contributed by atoms with Crippen LogP contribution in [0, 0.1) is 6.92 Å². The largest absolute Gasteiger partial charge is 0.507 e. The first kappa shape index (κ1) is 22.9. The van der Waals surface area contributed by atoms with Gasteiger partial charge in [0.2, 0.25) is 0 Å². The van der Waals surface area contributed by atoms with Crippen molar-refractivity contribution in [3.8, 4) is 5.75 Å². The zero-order valence-corrected chi connectivity index (χ0v) is 19.0. The number of carbonyl (C=O) groups excluding carboxylic acids is 2. The number of Topliss-reactive ketones (excluding diaryl/α,β-unsaturated/α-hetero) is 1. The highest BCUT2D eigenvalue weighted by atomic mass is 16.5. The smallest absolute Gasteiger partial charge is 0.295 e. The molecule has 2 aliphatic heterocycles. The van der Waals surface area contributed by atoms with Crippen LogP contribution < -0.4 is 4.74 Å². The summed E-state index contributed by atoms with van der Waals surface area (Å²) < 4.78 is 10.6. The Bertz CT molecular complexity index is 1050. The van der Waals surface area contributed by atoms with Gasteiger partial charge in [0.25, 0.3) is 11.7 Å². The van der Waals surface area contributed by atoms with Crippen molar-refractivity contribution in [1.29, 1.82) is 0 Å². The third-order valence-corrected chi connectivity index (χ3v) is 6.21. The molecule has 2 aromatic rings. The van der Waals surface area contributed by atoms with Gasteiger partial charge < -0.3 is 19.5 Å². The third-order valence-electron chi connectivity index (χ3n) is 6.21. The van der Waals surface area contributed by atoms with E-state index < -0.39 is 17.7 Å². The molecule has 33 heavy (non-hydrogen) atoms. The van der Waals surface area contributed by atoms with Crippen LogP contribution in [0.25, 0.3) is 5.76 Å². The van der Waals surface area contributed by atoms with Gasteiger partial charge in [-0.05, 0) is 48.7 Å². The fraction of sp³-hybridized carbons (Fsp3) is 0.400. The molecule has 1 aromatic heterocycles. The second-order valence-electron chi connectivity index (χ2n) is 8.27. The lowest BCUT2D eigenvalue weighted by Crippen LogP contribution is -2.39. The van der Waals surface area contributed by atoms with E-state index >= 15 is 0 Å². The fourth-order valence-corrected chi connectivity index (χ4v) is 4.46. The van der Waals surface area contributed by atoms with Crippen LogP contribution in [0.1, 0.15) is 29.2 Å². The van der Waals surface area contributed by atoms with Gasteiger partial charge in [0.15, 0.2) is 0 Å². The van der Waals surface area contributed by atoms with Crippen molar-refractivity contribution in [2.75, 3.05) is 46.5 Å². The van der Waals surface area contributed by atoms with Gasteiger partial charge in [-0.2, -0.15) is 0 Å². The number of aliphatic hydroxyl groups is 1. The van der Waals surface area contributed by atoms with E-state index in [1.54, 1.807) is 48.7 Å². The van der Waals surface area contributed by atoms with Crippen LogP contribution in [0.2, 0.25) is 0 Å². The minimum absolute atomic E-state index is 0.0904. The fourth-order valence-electron chi connectivity index (χ4n) is 4.46. The number of likely N-dealkylation sites (tertiary alicyclic amines) is 1. The minimum atomic E-state index is -0.690. The van der Waals surface area contributed by atoms with E-state index in [-0.39, 0.29) is 11.3 Å². The van der Waals surface area contributed by atoms with Gasteiger partial charge >= 0.3 is 0 Å². The highest BCUT2D eigenvalue weighted by molar-refractivity contribution is 6.46. The lowest BCUT2D eigenvalue weighted by molar-refractivity contribution is -0.140. The summed E-state index contributed by atoms with van der Waals surface area (Å²) in [5.74, 6) is -0.809. The molecule has 0 radical (unpaired) electrons. The van der Waals surface area contributed by atoms with Crippen LogP contribution in [-0.2, 0) is 14.3 Å². The topological polar surface area (TPSA) is 92.2 Å². The number of benzene rings is 1. The predicted molar refractivity (Wildman–Crippen MR) is 123 cm³/mol. The average Bonchev–Trinajstić information content (AvgIpc) is 3.10. The van der Waals surface area contributed by atoms with Crippen molar-refractivity contribution in [3.63, 3.8) is 0 Å². The molecule has 0 saturated carbocycles. The summed E-state index contributed by atoms with van der Waals surface area (Å²) in [6.07, 6.45) is 3.99. The third kappa shape index (κ3) is 4.77. The Balaban J connectivity index is 1.67. The number of aryl methyl sites for hydroxylation is 1. The Morgan fingerprint density at radius 3 is 2.67 bits per heavy atom. The number of ether oxygens (including phenoxy) is 2. The molecule has 2 fully saturated rings. The van der Waals surface area contributed by atoms with E-state index in [2.05, 4.69) is 9.88 Å². The standard InChI is InChI=1S/C25H29N3O5/c1-17-15-19(32-2)6-7-20(17)23(29)21-22(18-5-3-8-26-16-18)28(25(31)24(21)30)10-4-9-27-11-13-33-14-12-27/h3,5-8,15-16,22,29H,4,9-14H2,1-2H3/b23-21+/t22-/m0/s1. The van der Waals surface area contributed by atoms with Crippen molar-refractivity contribution in [2.24, 2.45) is 0 Å². The number of hydrogen-bond donors (Lipinski definition) is 1. The Morgan fingerprint density at radius 1 is 1.21 bits per heavy atom. The van der Waals surface area contributed by atoms with Crippen molar-refractivity contribution in [2.45, 2.75) is 19.4 Å². The molecular weight excluding hydrogens is 422 g/mol. The maximum absolute atomic E-state index is 13.1. The van der Waals surface area contributed by atoms with Crippen LogP contribution in [0.15, 0.2) is 48.3 Å². The maximum atomic E-state index is 13.1. The van der Waals surface area contributed by atoms with E-state index in [0.29, 0.717) is 43.1 Å². The average molecular weight is 452 g/mol. The lowest BCUT2D eigenvalue weighted by Gasteiger charge is -2.29. The molecule has 4 rings (SSSR count). The zero-order chi connectivity index (χ0) is 23.4. The Hall–Kier alpha value is -3.23. The monoisotopic (exact) mass is 451 g/mol. The highest BCUT2D eigenvalue weighted by Gasteiger charge is 2.46. The van der Waals surface area contributed by atoms with Crippen molar-refractivity contribution >= 4 is 17.4 Å². The molecule has 8 heteroatoms. The summed E-state index contributed by atoms with van der Waals surface area (Å²) in [6, 6.07) is 8.11. The molecule has 1 aromatic carbocycles. The molecular formula is C25H29N3O5. The first-order chi connectivity index (χ1) is 16.0. The summed E-state index contributed by atoms with van der Waals surface area (Å²) in [4.78, 5) is 34.2. The second kappa shape index (κ2) is 10.1. The molecule has 0 bridgehead atoms. The van der Waals surface area contributed by atoms with Crippen LogP contribution in [0.5, 0.6) is 5.75 Å². The molecule has 1 amide bonds. The van der Waals surface area contributed by atoms with Gasteiger partial charge in [-0.3, -0.25) is 19.5 Å². The van der Waals surface area contributed by atoms with Gasteiger partial charge in [-0.1, -0.05) is 6.07 Å². The molecule has 3 heterocycles. The number of aromatic nitrogens is 1. The van der Waals surface area contributed by atoms with Gasteiger partial charge in [0.1, 0.15) is 11.5 Å². The number of carbonyl (C=O) groups is 2. The van der Waals surface area contributed by atoms with E-state index in [1.165, 1.54) is 0 Å². The summed E-state index contributed by atoms with van der Waals surface area (Å²) in [5, 5.41) is 11.2. The molecule has 2 aliphatic rings. The first-order valence-corrected chi connectivity index (χ1v) is 11.1. The summed E-state index contributed by atoms with van der Waals surface area (Å²) in [7, 11) is 1.57. The SMILES string of the molecule is COc1ccc(/C(O)=C2\C(=O)C(=O)N(CCCN3CCOCC3)[C@H]2c2cccnc2)c(C)c1. The van der Waals surface area contributed by atoms with Crippen molar-refractivity contribution in [3.05, 3.63) is 65.0 Å². The molecule has 1 atom stereocenters. The summed E-state index contributed by atoms with van der Waals surface area (Å²) in [5.41, 5.74) is 2.02. The van der Waals surface area contributed by atoms with Crippen LogP contribution in [-0.4, -0.2) is 78.1 Å². The number of nitrogens with zero attached hydrogens (tertiary/aromatic N) is 3. The van der Waals surface area contributed by atoms with Crippen molar-refractivity contribution < 1.29 is 24.2 Å². The molecule has 0 spiro atoms. The molecule has 0 unspecified atom stereocenters. The minimum Gasteiger partial charge on any atom is -0.507 e. The Labute approximate surface area is 193 Å². The number of pyridine rings is 1. The van der Waals surface area contributed by atoms with E-state index in [0.717, 1.165) is 25.2 Å². The Kier molecular flexibility index (Phi) is 7.05. The number of rotatable bonds is 7. The number of aliphatic hydroxyl groups excluding tert-OH is 1. The summed E-state index contributed by atoms with van der Waals surface area (Å²) in [6.45, 7) is 6.19. The molecule has 174 valence electrons. The van der Waals surface area contributed by atoms with Crippen molar-refractivity contribution in [1.82, 2.24) is 14.8 Å². The number of morpholine rings is 1. The quantitative estimate of drug-likeness (QED) is 0.393. The lowest BCUT2D eigenvalue weighted by atomic mass is 9.94. The van der Waals surface area contributed by atoms with Gasteiger partial charge in [-0.15, -0.1) is 0 Å². The van der Waals surface area contributed by atoms with Gasteiger partial charge in [0.05, 0.1) is 31.9 Å². The molecule has 8 nitrogen and oxygen atoms in total. The highest BCUT2D eigenvalue weighted by Crippen LogP contribution is 2.40. The molecule has 2 saturated heterocycles. The van der Waals surface area contributed by atoms with Gasteiger partial charge in [0, 0.05) is 44.1 Å². The van der Waals surface area contributed by atoms with Gasteiger partial charge in [-0.25, -0.2) is 0 Å². The predicted octanol–water partition coefficient (Wildman–Crippen LogP) is 2.54. The molecule has 0 aliphatic carbocycles. The van der Waals surface area contributed by atoms with Crippen LogP contribution in [0.4, 0.5) is 0 Å². The molecule has 1 N–H and O–H groups in total. The van der Waals surface area contributed by atoms with E-state index in [1.807, 2.05) is 13.0 Å². The van der Waals surface area contributed by atoms with Crippen LogP contribution in [0.3, 0.4) is 0 Å². The van der Waals surface area contributed by atoms with Crippen LogP contribution >= 0.6 is 0 Å². The first-order valence-electron chi connectivity index (χ1n) is 11.1. The number of ketones is 1. The summed E-state index contributed by atoms with van der Waals surface area (Å²) >= 11 is 0. The number of amides is 1. The van der Waals surface area contributed by atoms with E-state index in [4.69, 9.17) is 9.47 Å². The number of methoxy groups -OCH3 is 1.